The van der Waals surface area contributed by atoms with Crippen molar-refractivity contribution in [3.05, 3.63) is 29.0 Å². The van der Waals surface area contributed by atoms with E-state index in [1.807, 2.05) is 0 Å². The van der Waals surface area contributed by atoms with Gasteiger partial charge < -0.3 is 15.0 Å². The van der Waals surface area contributed by atoms with E-state index in [4.69, 9.17) is 16.3 Å². The second kappa shape index (κ2) is 9.90. The van der Waals surface area contributed by atoms with Gasteiger partial charge in [-0.05, 0) is 50.5 Å². The van der Waals surface area contributed by atoms with Crippen LogP contribution in [-0.4, -0.2) is 58.1 Å². The molecule has 0 unspecified atom stereocenters. The zero-order chi connectivity index (χ0) is 22.7. The third-order valence-electron chi connectivity index (χ3n) is 6.64. The van der Waals surface area contributed by atoms with E-state index in [1.54, 1.807) is 17.0 Å². The number of halogens is 1. The van der Waals surface area contributed by atoms with Gasteiger partial charge in [0.05, 0.1) is 24.0 Å². The summed E-state index contributed by atoms with van der Waals surface area (Å²) in [5.41, 5.74) is 1.61. The van der Waals surface area contributed by atoms with E-state index in [-0.39, 0.29) is 17.7 Å². The number of hydrogen-bond acceptors (Lipinski definition) is 5. The first-order valence-electron chi connectivity index (χ1n) is 11.3. The molecule has 172 valence electrons. The average Bonchev–Trinajstić information content (AvgIpc) is 3.30. The predicted octanol–water partition coefficient (Wildman–Crippen LogP) is 3.68. The number of pyridine rings is 1. The summed E-state index contributed by atoms with van der Waals surface area (Å²) in [6.45, 7) is 3.37. The summed E-state index contributed by atoms with van der Waals surface area (Å²) in [4.78, 5) is 31.5. The highest BCUT2D eigenvalue weighted by Crippen LogP contribution is 2.30. The maximum atomic E-state index is 12.9. The molecule has 2 amide bonds. The standard InChI is InChI=1S/C23H30ClN5O3/c1-14-3-5-16(6-4-14)26-22(30)15-7-9-29(10-8-15)23(31)20-12-19(27-28-20)17-11-21(32-2)25-13-18(17)24/h11-16H,3-10H2,1-2H3,(H,26,30)(H,27,28)/t14-,16-. The van der Waals surface area contributed by atoms with Crippen molar-refractivity contribution >= 4 is 23.4 Å². The van der Waals surface area contributed by atoms with E-state index in [1.165, 1.54) is 26.1 Å². The SMILES string of the molecule is COc1cc(-c2cc(C(=O)N3CCC(C(=O)N[C@H]4CC[C@H](C)CC4)CC3)n[nH]2)c(Cl)cn1. The Bertz CT molecular complexity index is 962. The number of carbonyl (C=O) groups excluding carboxylic acids is 2. The molecule has 2 aromatic heterocycles. The van der Waals surface area contributed by atoms with Crippen LogP contribution in [0.3, 0.4) is 0 Å². The average molecular weight is 460 g/mol. The van der Waals surface area contributed by atoms with Gasteiger partial charge in [-0.15, -0.1) is 0 Å². The normalized spacial score (nSPS) is 21.9. The number of nitrogens with one attached hydrogen (secondary N) is 2. The molecule has 2 fully saturated rings. The van der Waals surface area contributed by atoms with Gasteiger partial charge in [0.15, 0.2) is 5.69 Å². The Morgan fingerprint density at radius 3 is 2.56 bits per heavy atom. The van der Waals surface area contributed by atoms with Crippen LogP contribution in [0.5, 0.6) is 5.88 Å². The number of hydrogen-bond donors (Lipinski definition) is 2. The van der Waals surface area contributed by atoms with Gasteiger partial charge >= 0.3 is 0 Å². The number of methoxy groups -OCH3 is 1. The largest absolute Gasteiger partial charge is 0.481 e. The topological polar surface area (TPSA) is 100 Å². The van der Waals surface area contributed by atoms with Crippen molar-refractivity contribution in [2.24, 2.45) is 11.8 Å². The number of aromatic nitrogens is 3. The Balaban J connectivity index is 1.33. The van der Waals surface area contributed by atoms with Crippen LogP contribution in [0, 0.1) is 11.8 Å². The minimum atomic E-state index is -0.148. The lowest BCUT2D eigenvalue weighted by Gasteiger charge is -2.33. The minimum Gasteiger partial charge on any atom is -0.481 e. The Labute approximate surface area is 193 Å². The van der Waals surface area contributed by atoms with Crippen molar-refractivity contribution in [2.75, 3.05) is 20.2 Å². The molecule has 1 aliphatic carbocycles. The number of aromatic amines is 1. The summed E-state index contributed by atoms with van der Waals surface area (Å²) >= 11 is 6.25. The van der Waals surface area contributed by atoms with Crippen LogP contribution in [0.4, 0.5) is 0 Å². The molecule has 0 aromatic carbocycles. The summed E-state index contributed by atoms with van der Waals surface area (Å²) in [6.07, 6.45) is 7.35. The monoisotopic (exact) mass is 459 g/mol. The zero-order valence-electron chi connectivity index (χ0n) is 18.6. The molecule has 2 N–H and O–H groups in total. The number of carbonyl (C=O) groups is 2. The van der Waals surface area contributed by atoms with Crippen molar-refractivity contribution in [3.63, 3.8) is 0 Å². The predicted molar refractivity (Wildman–Crippen MR) is 122 cm³/mol. The number of likely N-dealkylation sites (tertiary alicyclic amines) is 1. The van der Waals surface area contributed by atoms with Crippen LogP contribution in [0.15, 0.2) is 18.3 Å². The third kappa shape index (κ3) is 5.06. The van der Waals surface area contributed by atoms with Gasteiger partial charge in [0.1, 0.15) is 0 Å². The number of amides is 2. The number of nitrogens with zero attached hydrogens (tertiary/aromatic N) is 3. The van der Waals surface area contributed by atoms with E-state index in [0.29, 0.717) is 59.8 Å². The summed E-state index contributed by atoms with van der Waals surface area (Å²) in [5.74, 6) is 1.15. The Kier molecular flexibility index (Phi) is 6.98. The Morgan fingerprint density at radius 2 is 1.88 bits per heavy atom. The summed E-state index contributed by atoms with van der Waals surface area (Å²) in [6, 6.07) is 3.69. The van der Waals surface area contributed by atoms with Gasteiger partial charge in [-0.3, -0.25) is 14.7 Å². The van der Waals surface area contributed by atoms with Crippen LogP contribution in [0.2, 0.25) is 5.02 Å². The fourth-order valence-electron chi connectivity index (χ4n) is 4.54. The quantitative estimate of drug-likeness (QED) is 0.710. The van der Waals surface area contributed by atoms with Crippen molar-refractivity contribution < 1.29 is 14.3 Å². The van der Waals surface area contributed by atoms with Gasteiger partial charge in [-0.2, -0.15) is 5.10 Å². The van der Waals surface area contributed by atoms with E-state index in [0.717, 1.165) is 18.8 Å². The zero-order valence-corrected chi connectivity index (χ0v) is 19.3. The summed E-state index contributed by atoms with van der Waals surface area (Å²) in [5, 5.41) is 10.7. The van der Waals surface area contributed by atoms with Crippen LogP contribution in [-0.2, 0) is 4.79 Å². The van der Waals surface area contributed by atoms with E-state index in [9.17, 15) is 9.59 Å². The summed E-state index contributed by atoms with van der Waals surface area (Å²) in [7, 11) is 1.53. The minimum absolute atomic E-state index is 0.0313. The molecule has 0 bridgehead atoms. The molecular weight excluding hydrogens is 430 g/mol. The first-order valence-corrected chi connectivity index (χ1v) is 11.7. The highest BCUT2D eigenvalue weighted by atomic mass is 35.5. The van der Waals surface area contributed by atoms with E-state index in [2.05, 4.69) is 27.4 Å². The molecule has 1 saturated heterocycles. The highest BCUT2D eigenvalue weighted by molar-refractivity contribution is 6.33. The van der Waals surface area contributed by atoms with E-state index < -0.39 is 0 Å². The van der Waals surface area contributed by atoms with Crippen molar-refractivity contribution in [1.29, 1.82) is 0 Å². The van der Waals surface area contributed by atoms with Crippen LogP contribution < -0.4 is 10.1 Å². The molecule has 1 saturated carbocycles. The molecule has 0 atom stereocenters. The maximum Gasteiger partial charge on any atom is 0.274 e. The molecule has 3 heterocycles. The molecule has 2 aliphatic rings. The lowest BCUT2D eigenvalue weighted by molar-refractivity contribution is -0.127. The molecular formula is C23H30ClN5O3. The third-order valence-corrected chi connectivity index (χ3v) is 6.94. The summed E-state index contributed by atoms with van der Waals surface area (Å²) < 4.78 is 5.15. The molecule has 1 aliphatic heterocycles. The molecule has 0 spiro atoms. The van der Waals surface area contributed by atoms with Crippen molar-refractivity contribution in [2.45, 2.75) is 51.5 Å². The molecule has 0 radical (unpaired) electrons. The molecule has 8 nitrogen and oxygen atoms in total. The fourth-order valence-corrected chi connectivity index (χ4v) is 4.74. The first kappa shape index (κ1) is 22.6. The van der Waals surface area contributed by atoms with Gasteiger partial charge in [0.25, 0.3) is 5.91 Å². The smallest absolute Gasteiger partial charge is 0.274 e. The number of rotatable bonds is 5. The first-order chi connectivity index (χ1) is 15.4. The van der Waals surface area contributed by atoms with Gasteiger partial charge in [-0.25, -0.2) is 4.98 Å². The van der Waals surface area contributed by atoms with Gasteiger partial charge in [0, 0.05) is 36.7 Å². The second-order valence-corrected chi connectivity index (χ2v) is 9.31. The number of piperidine rings is 1. The van der Waals surface area contributed by atoms with Crippen molar-refractivity contribution in [3.8, 4) is 17.1 Å². The molecule has 32 heavy (non-hydrogen) atoms. The number of ether oxygens (including phenoxy) is 1. The van der Waals surface area contributed by atoms with Crippen LogP contribution in [0.25, 0.3) is 11.3 Å². The van der Waals surface area contributed by atoms with Crippen LogP contribution in [0.1, 0.15) is 55.9 Å². The van der Waals surface area contributed by atoms with Gasteiger partial charge in [-0.1, -0.05) is 18.5 Å². The van der Waals surface area contributed by atoms with Crippen LogP contribution >= 0.6 is 11.6 Å². The fraction of sp³-hybridized carbons (Fsp3) is 0.565. The Hall–Kier alpha value is -2.61. The number of H-pyrrole nitrogens is 1. The maximum absolute atomic E-state index is 12.9. The second-order valence-electron chi connectivity index (χ2n) is 8.91. The molecule has 4 rings (SSSR count). The lowest BCUT2D eigenvalue weighted by Crippen LogP contribution is -2.46. The highest BCUT2D eigenvalue weighted by Gasteiger charge is 2.30. The lowest BCUT2D eigenvalue weighted by atomic mass is 9.86. The van der Waals surface area contributed by atoms with E-state index >= 15 is 0 Å². The van der Waals surface area contributed by atoms with Gasteiger partial charge in [0.2, 0.25) is 11.8 Å². The van der Waals surface area contributed by atoms with Crippen molar-refractivity contribution in [1.82, 2.24) is 25.4 Å². The molecule has 9 heteroatoms. The molecule has 2 aromatic rings. The Morgan fingerprint density at radius 1 is 1.16 bits per heavy atom.